The van der Waals surface area contributed by atoms with E-state index in [2.05, 4.69) is 10.2 Å². The average molecular weight is 394 g/mol. The Hall–Kier alpha value is -2.58. The van der Waals surface area contributed by atoms with E-state index in [-0.39, 0.29) is 29.8 Å². The van der Waals surface area contributed by atoms with E-state index in [4.69, 9.17) is 4.42 Å². The highest BCUT2D eigenvalue weighted by Gasteiger charge is 2.49. The van der Waals surface area contributed by atoms with Crippen molar-refractivity contribution in [1.82, 2.24) is 15.1 Å². The largest absolute Gasteiger partial charge is 0.408 e. The number of amides is 1. The fourth-order valence-electron chi connectivity index (χ4n) is 4.46. The molecule has 28 heavy (non-hydrogen) atoms. The van der Waals surface area contributed by atoms with E-state index in [1.54, 1.807) is 6.92 Å². The quantitative estimate of drug-likeness (QED) is 0.800. The predicted molar refractivity (Wildman–Crippen MR) is 94.6 cm³/mol. The summed E-state index contributed by atoms with van der Waals surface area (Å²) in [6.07, 6.45) is -5.62. The van der Waals surface area contributed by atoms with E-state index in [0.717, 1.165) is 11.1 Å². The third-order valence-corrected chi connectivity index (χ3v) is 5.65. The third kappa shape index (κ3) is 3.45. The first kappa shape index (κ1) is 18.8. The second-order valence-electron chi connectivity index (χ2n) is 7.57. The predicted octanol–water partition coefficient (Wildman–Crippen LogP) is 3.14. The fraction of sp³-hybridized carbons (Fsp3) is 0.526. The van der Waals surface area contributed by atoms with E-state index in [1.165, 1.54) is 0 Å². The van der Waals surface area contributed by atoms with Crippen LogP contribution in [0.15, 0.2) is 28.7 Å². The maximum Gasteiger partial charge on any atom is 0.397 e. The van der Waals surface area contributed by atoms with Crippen molar-refractivity contribution in [3.8, 4) is 0 Å². The molecular weight excluding hydrogens is 373 g/mol. The number of fused-ring (bicyclic) bond motifs is 1. The van der Waals surface area contributed by atoms with Gasteiger partial charge in [-0.2, -0.15) is 13.2 Å². The molecule has 0 aliphatic carbocycles. The van der Waals surface area contributed by atoms with Crippen LogP contribution in [0.25, 0.3) is 0 Å². The number of carbonyl (C=O) groups excluding carboxylic acids is 1. The Balaban J connectivity index is 1.57. The molecule has 0 saturated carbocycles. The second-order valence-corrected chi connectivity index (χ2v) is 7.57. The summed E-state index contributed by atoms with van der Waals surface area (Å²) in [7, 11) is 0. The van der Waals surface area contributed by atoms with Crippen molar-refractivity contribution >= 4 is 11.9 Å². The Kier molecular flexibility index (Phi) is 4.55. The molecule has 9 heteroatoms. The minimum Gasteiger partial charge on any atom is -0.408 e. The lowest BCUT2D eigenvalue weighted by Gasteiger charge is -2.29. The molecule has 1 aromatic carbocycles. The number of carbonyl (C=O) groups is 1. The molecule has 6 nitrogen and oxygen atoms in total. The van der Waals surface area contributed by atoms with E-state index >= 15 is 0 Å². The zero-order chi connectivity index (χ0) is 20.1. The van der Waals surface area contributed by atoms with Gasteiger partial charge >= 0.3 is 12.2 Å². The van der Waals surface area contributed by atoms with Gasteiger partial charge in [0.15, 0.2) is 0 Å². The molecule has 3 atom stereocenters. The van der Waals surface area contributed by atoms with E-state index < -0.39 is 18.5 Å². The van der Waals surface area contributed by atoms with E-state index in [0.29, 0.717) is 19.6 Å². The van der Waals surface area contributed by atoms with Crippen LogP contribution in [0.2, 0.25) is 0 Å². The molecule has 2 aliphatic heterocycles. The fourth-order valence-corrected chi connectivity index (χ4v) is 4.46. The Morgan fingerprint density at radius 3 is 2.64 bits per heavy atom. The number of hydrogen-bond donors (Lipinski definition) is 0. The van der Waals surface area contributed by atoms with Gasteiger partial charge in [0.2, 0.25) is 11.8 Å². The number of aryl methyl sites for hydroxylation is 1. The molecule has 4 rings (SSSR count). The van der Waals surface area contributed by atoms with Crippen molar-refractivity contribution < 1.29 is 22.4 Å². The van der Waals surface area contributed by atoms with Crippen molar-refractivity contribution in [3.63, 3.8) is 0 Å². The number of hydrogen-bond acceptors (Lipinski definition) is 5. The number of nitrogens with zero attached hydrogens (tertiary/aromatic N) is 4. The van der Waals surface area contributed by atoms with Gasteiger partial charge in [-0.3, -0.25) is 4.79 Å². The van der Waals surface area contributed by atoms with Crippen LogP contribution in [0.4, 0.5) is 19.2 Å². The number of alkyl halides is 3. The van der Waals surface area contributed by atoms with Crippen LogP contribution in [0.1, 0.15) is 30.0 Å². The van der Waals surface area contributed by atoms with Gasteiger partial charge in [-0.25, -0.2) is 0 Å². The van der Waals surface area contributed by atoms with Gasteiger partial charge in [0, 0.05) is 38.4 Å². The van der Waals surface area contributed by atoms with Crippen molar-refractivity contribution in [1.29, 1.82) is 0 Å². The number of benzene rings is 1. The Bertz CT molecular complexity index is 882. The summed E-state index contributed by atoms with van der Waals surface area (Å²) in [6.45, 7) is 5.34. The van der Waals surface area contributed by atoms with Crippen LogP contribution in [-0.2, 0) is 11.2 Å². The Morgan fingerprint density at radius 2 is 1.96 bits per heavy atom. The Morgan fingerprint density at radius 1 is 1.21 bits per heavy atom. The lowest BCUT2D eigenvalue weighted by Crippen LogP contribution is -2.34. The summed E-state index contributed by atoms with van der Waals surface area (Å²) in [5.41, 5.74) is 2.22. The molecule has 0 spiro atoms. The van der Waals surface area contributed by atoms with Gasteiger partial charge < -0.3 is 14.2 Å². The van der Waals surface area contributed by atoms with Crippen molar-refractivity contribution in [2.45, 2.75) is 32.5 Å². The van der Waals surface area contributed by atoms with Crippen LogP contribution < -0.4 is 4.90 Å². The molecule has 3 heterocycles. The molecule has 2 saturated heterocycles. The number of anilines is 1. The highest BCUT2D eigenvalue weighted by atomic mass is 19.4. The smallest absolute Gasteiger partial charge is 0.397 e. The van der Waals surface area contributed by atoms with Gasteiger partial charge in [0.25, 0.3) is 0 Å². The maximum atomic E-state index is 12.5. The summed E-state index contributed by atoms with van der Waals surface area (Å²) in [5, 5.41) is 7.34. The molecule has 2 aliphatic rings. The standard InChI is InChI=1S/C19H21F3N4O2/c1-11-5-3-4-6-14(11)17-15-10-25(8-13(15)9-26(17)12(2)27)18-24-23-16(28-18)7-19(20,21)22/h3-6,13,15,17H,7-10H2,1-2H3/t13-,15-,17+/m1/s1. The molecule has 2 aromatic rings. The molecule has 1 amide bonds. The second kappa shape index (κ2) is 6.79. The SMILES string of the molecule is CC(=O)N1C[C@H]2CN(c3nnc(CC(F)(F)F)o3)C[C@H]2[C@@H]1c1ccccc1C. The highest BCUT2D eigenvalue weighted by Crippen LogP contribution is 2.46. The van der Waals surface area contributed by atoms with Crippen molar-refractivity contribution in [3.05, 3.63) is 41.3 Å². The van der Waals surface area contributed by atoms with Crippen molar-refractivity contribution in [2.24, 2.45) is 11.8 Å². The number of rotatable bonds is 3. The number of aromatic nitrogens is 2. The zero-order valence-electron chi connectivity index (χ0n) is 15.6. The highest BCUT2D eigenvalue weighted by molar-refractivity contribution is 5.74. The molecular formula is C19H21F3N4O2. The minimum atomic E-state index is -4.39. The maximum absolute atomic E-state index is 12.5. The van der Waals surface area contributed by atoms with Gasteiger partial charge in [-0.05, 0) is 18.1 Å². The molecule has 0 bridgehead atoms. The monoisotopic (exact) mass is 394 g/mol. The normalized spacial score (nSPS) is 24.7. The van der Waals surface area contributed by atoms with Crippen LogP contribution in [0, 0.1) is 18.8 Å². The van der Waals surface area contributed by atoms with Gasteiger partial charge in [-0.1, -0.05) is 29.4 Å². The average Bonchev–Trinajstić information content (AvgIpc) is 3.27. The number of halogens is 3. The van der Waals surface area contributed by atoms with Crippen molar-refractivity contribution in [2.75, 3.05) is 24.5 Å². The van der Waals surface area contributed by atoms with Crippen LogP contribution >= 0.6 is 0 Å². The topological polar surface area (TPSA) is 62.5 Å². The van der Waals surface area contributed by atoms with E-state index in [1.807, 2.05) is 41.0 Å². The summed E-state index contributed by atoms with van der Waals surface area (Å²) < 4.78 is 42.8. The third-order valence-electron chi connectivity index (χ3n) is 5.65. The summed E-state index contributed by atoms with van der Waals surface area (Å²) >= 11 is 0. The molecule has 1 aromatic heterocycles. The summed E-state index contributed by atoms with van der Waals surface area (Å²) in [5.74, 6) is -0.0470. The van der Waals surface area contributed by atoms with E-state index in [9.17, 15) is 18.0 Å². The lowest BCUT2D eigenvalue weighted by molar-refractivity contribution is -0.131. The zero-order valence-corrected chi connectivity index (χ0v) is 15.6. The summed E-state index contributed by atoms with van der Waals surface area (Å²) in [6, 6.07) is 8.04. The molecule has 150 valence electrons. The van der Waals surface area contributed by atoms with Gasteiger partial charge in [0.1, 0.15) is 6.42 Å². The van der Waals surface area contributed by atoms with Gasteiger partial charge in [0.05, 0.1) is 6.04 Å². The minimum absolute atomic E-state index is 0.0273. The molecule has 2 fully saturated rings. The first-order valence-corrected chi connectivity index (χ1v) is 9.20. The van der Waals surface area contributed by atoms with Gasteiger partial charge in [-0.15, -0.1) is 5.10 Å². The lowest BCUT2D eigenvalue weighted by atomic mass is 9.87. The summed E-state index contributed by atoms with van der Waals surface area (Å²) in [4.78, 5) is 16.0. The molecule has 0 N–H and O–H groups in total. The molecule has 0 unspecified atom stereocenters. The van der Waals surface area contributed by atoms with Crippen LogP contribution in [0.5, 0.6) is 0 Å². The molecule has 0 radical (unpaired) electrons. The van der Waals surface area contributed by atoms with Crippen LogP contribution in [0.3, 0.4) is 0 Å². The first-order chi connectivity index (χ1) is 13.2. The van der Waals surface area contributed by atoms with Crippen LogP contribution in [-0.4, -0.2) is 46.8 Å². The first-order valence-electron chi connectivity index (χ1n) is 9.20. The Labute approximate surface area is 160 Å². The number of likely N-dealkylation sites (tertiary alicyclic amines) is 1.